The van der Waals surface area contributed by atoms with Crippen LogP contribution >= 0.6 is 0 Å². The van der Waals surface area contributed by atoms with Gasteiger partial charge < -0.3 is 19.3 Å². The van der Waals surface area contributed by atoms with E-state index in [2.05, 4.69) is 0 Å². The molecule has 122 valence electrons. The number of phenolic OH excluding ortho intramolecular Hbond substituents is 1. The summed E-state index contributed by atoms with van der Waals surface area (Å²) in [5.41, 5.74) is 0.709. The SMILES string of the molecule is COc1cc(F)c(/C=C/c2cc(OC)c(F)c(OC)c2)cc1O. The highest BCUT2D eigenvalue weighted by atomic mass is 19.1. The molecule has 2 aromatic carbocycles. The molecule has 1 N–H and O–H groups in total. The largest absolute Gasteiger partial charge is 0.504 e. The van der Waals surface area contributed by atoms with Crippen LogP contribution in [-0.4, -0.2) is 26.4 Å². The second-order valence-electron chi connectivity index (χ2n) is 4.62. The first-order valence-corrected chi connectivity index (χ1v) is 6.66. The van der Waals surface area contributed by atoms with Crippen molar-refractivity contribution in [2.75, 3.05) is 21.3 Å². The Morgan fingerprint density at radius 2 is 1.39 bits per heavy atom. The molecule has 0 amide bonds. The average Bonchev–Trinajstić information content (AvgIpc) is 2.56. The van der Waals surface area contributed by atoms with Crippen LogP contribution in [0.15, 0.2) is 24.3 Å². The van der Waals surface area contributed by atoms with E-state index in [0.29, 0.717) is 5.56 Å². The standard InChI is InChI=1S/C17H16F2O4/c1-21-14-9-12(18)11(8-13(14)20)5-4-10-6-15(22-2)17(19)16(7-10)23-3/h4-9,20H,1-3H3/b5-4+. The van der Waals surface area contributed by atoms with E-state index in [9.17, 15) is 13.9 Å². The van der Waals surface area contributed by atoms with Crippen LogP contribution < -0.4 is 14.2 Å². The zero-order chi connectivity index (χ0) is 17.0. The molecule has 0 saturated carbocycles. The highest BCUT2D eigenvalue weighted by Crippen LogP contribution is 2.31. The van der Waals surface area contributed by atoms with Crippen LogP contribution in [0.5, 0.6) is 23.0 Å². The van der Waals surface area contributed by atoms with Gasteiger partial charge in [-0.1, -0.05) is 12.2 Å². The predicted molar refractivity (Wildman–Crippen MR) is 83.0 cm³/mol. The molecule has 0 atom stereocenters. The van der Waals surface area contributed by atoms with Gasteiger partial charge in [0.2, 0.25) is 5.82 Å². The van der Waals surface area contributed by atoms with Crippen LogP contribution in [0.4, 0.5) is 8.78 Å². The molecule has 0 radical (unpaired) electrons. The van der Waals surface area contributed by atoms with Crippen molar-refractivity contribution in [1.29, 1.82) is 0 Å². The fraction of sp³-hybridized carbons (Fsp3) is 0.176. The number of rotatable bonds is 5. The lowest BCUT2D eigenvalue weighted by Crippen LogP contribution is -1.94. The Bertz CT molecular complexity index is 717. The zero-order valence-corrected chi connectivity index (χ0v) is 12.9. The van der Waals surface area contributed by atoms with Gasteiger partial charge in [-0.15, -0.1) is 0 Å². The van der Waals surface area contributed by atoms with Gasteiger partial charge in [0.15, 0.2) is 23.0 Å². The Morgan fingerprint density at radius 1 is 0.826 bits per heavy atom. The molecule has 0 aromatic heterocycles. The fourth-order valence-corrected chi connectivity index (χ4v) is 2.02. The van der Waals surface area contributed by atoms with E-state index in [1.165, 1.54) is 45.6 Å². The topological polar surface area (TPSA) is 47.9 Å². The van der Waals surface area contributed by atoms with E-state index in [4.69, 9.17) is 14.2 Å². The van der Waals surface area contributed by atoms with Gasteiger partial charge in [-0.3, -0.25) is 0 Å². The van der Waals surface area contributed by atoms with E-state index in [1.54, 1.807) is 6.08 Å². The molecule has 0 aliphatic carbocycles. The first-order valence-electron chi connectivity index (χ1n) is 6.66. The number of benzene rings is 2. The molecule has 0 unspecified atom stereocenters. The van der Waals surface area contributed by atoms with Gasteiger partial charge in [0, 0.05) is 11.6 Å². The molecule has 0 spiro atoms. The normalized spacial score (nSPS) is 10.8. The third kappa shape index (κ3) is 3.53. The summed E-state index contributed by atoms with van der Waals surface area (Å²) >= 11 is 0. The van der Waals surface area contributed by atoms with Gasteiger partial charge in [-0.2, -0.15) is 4.39 Å². The lowest BCUT2D eigenvalue weighted by atomic mass is 10.1. The average molecular weight is 322 g/mol. The van der Waals surface area contributed by atoms with E-state index < -0.39 is 11.6 Å². The van der Waals surface area contributed by atoms with Crippen molar-refractivity contribution in [3.05, 3.63) is 47.0 Å². The fourth-order valence-electron chi connectivity index (χ4n) is 2.02. The molecule has 0 bridgehead atoms. The summed E-state index contributed by atoms with van der Waals surface area (Å²) in [5, 5.41) is 9.70. The molecule has 0 saturated heterocycles. The molecule has 4 nitrogen and oxygen atoms in total. The maximum absolute atomic E-state index is 13.9. The number of methoxy groups -OCH3 is 3. The van der Waals surface area contributed by atoms with Gasteiger partial charge in [-0.25, -0.2) is 4.39 Å². The lowest BCUT2D eigenvalue weighted by Gasteiger charge is -2.08. The van der Waals surface area contributed by atoms with Crippen LogP contribution in [0.2, 0.25) is 0 Å². The predicted octanol–water partition coefficient (Wildman–Crippen LogP) is 3.87. The molecule has 0 heterocycles. The third-order valence-electron chi connectivity index (χ3n) is 3.22. The molecule has 0 aliphatic rings. The number of hydrogen-bond donors (Lipinski definition) is 1. The van der Waals surface area contributed by atoms with Gasteiger partial charge >= 0.3 is 0 Å². The summed E-state index contributed by atoms with van der Waals surface area (Å²) in [5.74, 6) is -1.27. The van der Waals surface area contributed by atoms with Gasteiger partial charge in [0.1, 0.15) is 5.82 Å². The van der Waals surface area contributed by atoms with Gasteiger partial charge in [0.05, 0.1) is 21.3 Å². The van der Waals surface area contributed by atoms with Gasteiger partial charge in [0.25, 0.3) is 0 Å². The minimum absolute atomic E-state index is 0.0158. The van der Waals surface area contributed by atoms with Crippen LogP contribution in [0, 0.1) is 11.6 Å². The van der Waals surface area contributed by atoms with Crippen molar-refractivity contribution >= 4 is 12.2 Å². The monoisotopic (exact) mass is 322 g/mol. The van der Waals surface area contributed by atoms with Crippen molar-refractivity contribution in [2.24, 2.45) is 0 Å². The molecular weight excluding hydrogens is 306 g/mol. The Labute approximate surface area is 132 Å². The lowest BCUT2D eigenvalue weighted by molar-refractivity contribution is 0.350. The van der Waals surface area contributed by atoms with Crippen LogP contribution in [0.3, 0.4) is 0 Å². The van der Waals surface area contributed by atoms with Crippen molar-refractivity contribution in [1.82, 2.24) is 0 Å². The molecule has 0 fully saturated rings. The van der Waals surface area contributed by atoms with E-state index in [-0.39, 0.29) is 28.6 Å². The Hall–Kier alpha value is -2.76. The van der Waals surface area contributed by atoms with Crippen LogP contribution in [0.1, 0.15) is 11.1 Å². The van der Waals surface area contributed by atoms with Crippen molar-refractivity contribution < 1.29 is 28.1 Å². The summed E-state index contributed by atoms with van der Waals surface area (Å²) in [6.07, 6.45) is 3.00. The van der Waals surface area contributed by atoms with E-state index >= 15 is 0 Å². The number of halogens is 2. The maximum atomic E-state index is 13.9. The Morgan fingerprint density at radius 3 is 1.91 bits per heavy atom. The minimum Gasteiger partial charge on any atom is -0.504 e. The molecule has 2 rings (SSSR count). The summed E-state index contributed by atoms with van der Waals surface area (Å²) in [4.78, 5) is 0. The first kappa shape index (κ1) is 16.6. The number of ether oxygens (including phenoxy) is 3. The molecule has 0 aliphatic heterocycles. The van der Waals surface area contributed by atoms with E-state index in [1.807, 2.05) is 0 Å². The molecule has 23 heavy (non-hydrogen) atoms. The van der Waals surface area contributed by atoms with Gasteiger partial charge in [-0.05, 0) is 23.8 Å². The Balaban J connectivity index is 2.39. The third-order valence-corrected chi connectivity index (χ3v) is 3.22. The summed E-state index contributed by atoms with van der Waals surface area (Å²) < 4.78 is 42.5. The first-order chi connectivity index (χ1) is 11.0. The smallest absolute Gasteiger partial charge is 0.206 e. The summed E-state index contributed by atoms with van der Waals surface area (Å²) in [7, 11) is 4.01. The maximum Gasteiger partial charge on any atom is 0.206 e. The summed E-state index contributed by atoms with van der Waals surface area (Å²) in [6, 6.07) is 5.23. The second-order valence-corrected chi connectivity index (χ2v) is 4.62. The Kier molecular flexibility index (Phi) is 5.05. The highest BCUT2D eigenvalue weighted by Gasteiger charge is 2.11. The van der Waals surface area contributed by atoms with Crippen molar-refractivity contribution in [3.63, 3.8) is 0 Å². The minimum atomic E-state index is -0.611. The number of hydrogen-bond acceptors (Lipinski definition) is 4. The van der Waals surface area contributed by atoms with E-state index in [0.717, 1.165) is 6.07 Å². The van der Waals surface area contributed by atoms with Crippen LogP contribution in [0.25, 0.3) is 12.2 Å². The second kappa shape index (κ2) is 7.00. The highest BCUT2D eigenvalue weighted by molar-refractivity contribution is 5.72. The molecule has 2 aromatic rings. The van der Waals surface area contributed by atoms with Crippen LogP contribution in [-0.2, 0) is 0 Å². The molecule has 6 heteroatoms. The quantitative estimate of drug-likeness (QED) is 0.849. The summed E-state index contributed by atoms with van der Waals surface area (Å²) in [6.45, 7) is 0. The van der Waals surface area contributed by atoms with Crippen molar-refractivity contribution in [2.45, 2.75) is 0 Å². The molecular formula is C17H16F2O4. The van der Waals surface area contributed by atoms with Crippen molar-refractivity contribution in [3.8, 4) is 23.0 Å². The number of phenols is 1. The zero-order valence-electron chi connectivity index (χ0n) is 12.9. The number of aromatic hydroxyl groups is 1.